The molecular formula is C14H14O4S. The molecule has 2 aromatic rings. The van der Waals surface area contributed by atoms with Crippen molar-refractivity contribution in [3.05, 3.63) is 46.0 Å². The van der Waals surface area contributed by atoms with Crippen LogP contribution < -0.4 is 0 Å². The predicted octanol–water partition coefficient (Wildman–Crippen LogP) is 3.33. The van der Waals surface area contributed by atoms with Gasteiger partial charge in [-0.15, -0.1) is 11.3 Å². The summed E-state index contributed by atoms with van der Waals surface area (Å²) in [6, 6.07) is 7.02. The summed E-state index contributed by atoms with van der Waals surface area (Å²) >= 11 is 1.69. The van der Waals surface area contributed by atoms with Crippen LogP contribution in [0.25, 0.3) is 0 Å². The molecule has 0 saturated heterocycles. The molecule has 0 spiro atoms. The SMILES string of the molecule is COC(=O)c1ccc(C(=O)CCCc2cccs2)o1. The van der Waals surface area contributed by atoms with Gasteiger partial charge in [-0.1, -0.05) is 6.07 Å². The Morgan fingerprint density at radius 2 is 2.05 bits per heavy atom. The first kappa shape index (κ1) is 13.5. The standard InChI is InChI=1S/C14H14O4S/c1-17-14(16)13-8-7-12(18-13)11(15)6-2-4-10-5-3-9-19-10/h3,5,7-9H,2,4,6H2,1H3. The molecule has 0 N–H and O–H groups in total. The monoisotopic (exact) mass is 278 g/mol. The van der Waals surface area contributed by atoms with E-state index in [1.165, 1.54) is 24.1 Å². The van der Waals surface area contributed by atoms with Gasteiger partial charge < -0.3 is 9.15 Å². The van der Waals surface area contributed by atoms with Crippen LogP contribution >= 0.6 is 11.3 Å². The molecule has 0 aliphatic carbocycles. The van der Waals surface area contributed by atoms with Gasteiger partial charge in [-0.25, -0.2) is 4.79 Å². The third-order valence-electron chi connectivity index (χ3n) is 2.67. The third kappa shape index (κ3) is 3.54. The van der Waals surface area contributed by atoms with E-state index in [-0.39, 0.29) is 17.3 Å². The number of aryl methyl sites for hydroxylation is 1. The molecule has 5 heteroatoms. The normalized spacial score (nSPS) is 10.4. The average molecular weight is 278 g/mol. The molecule has 4 nitrogen and oxygen atoms in total. The molecule has 0 unspecified atom stereocenters. The minimum atomic E-state index is -0.572. The van der Waals surface area contributed by atoms with Crippen molar-refractivity contribution in [1.82, 2.24) is 0 Å². The second-order valence-electron chi connectivity index (χ2n) is 4.01. The van der Waals surface area contributed by atoms with Gasteiger partial charge in [-0.2, -0.15) is 0 Å². The number of thiophene rings is 1. The van der Waals surface area contributed by atoms with E-state index >= 15 is 0 Å². The Balaban J connectivity index is 1.86. The number of rotatable bonds is 6. The summed E-state index contributed by atoms with van der Waals surface area (Å²) in [6.45, 7) is 0. The minimum absolute atomic E-state index is 0.0594. The van der Waals surface area contributed by atoms with Crippen molar-refractivity contribution in [3.63, 3.8) is 0 Å². The summed E-state index contributed by atoms with van der Waals surface area (Å²) in [7, 11) is 1.27. The smallest absolute Gasteiger partial charge is 0.373 e. The van der Waals surface area contributed by atoms with Crippen LogP contribution in [-0.4, -0.2) is 18.9 Å². The fraction of sp³-hybridized carbons (Fsp3) is 0.286. The molecule has 0 aliphatic rings. The number of ketones is 1. The van der Waals surface area contributed by atoms with E-state index in [4.69, 9.17) is 4.42 Å². The van der Waals surface area contributed by atoms with Gasteiger partial charge in [0.05, 0.1) is 7.11 Å². The molecule has 0 fully saturated rings. The number of methoxy groups -OCH3 is 1. The number of hydrogen-bond donors (Lipinski definition) is 0. The van der Waals surface area contributed by atoms with Gasteiger partial charge in [0.25, 0.3) is 0 Å². The quantitative estimate of drug-likeness (QED) is 0.600. The van der Waals surface area contributed by atoms with Crippen LogP contribution in [-0.2, 0) is 11.2 Å². The summed E-state index contributed by atoms with van der Waals surface area (Å²) in [5, 5.41) is 2.02. The van der Waals surface area contributed by atoms with E-state index in [0.29, 0.717) is 6.42 Å². The van der Waals surface area contributed by atoms with Crippen LogP contribution in [0.1, 0.15) is 38.8 Å². The molecule has 0 bridgehead atoms. The largest absolute Gasteiger partial charge is 0.463 e. The van der Waals surface area contributed by atoms with Crippen molar-refractivity contribution in [2.45, 2.75) is 19.3 Å². The maximum atomic E-state index is 11.9. The molecule has 2 aromatic heterocycles. The van der Waals surface area contributed by atoms with E-state index in [0.717, 1.165) is 12.8 Å². The first-order valence-electron chi connectivity index (χ1n) is 5.94. The highest BCUT2D eigenvalue weighted by molar-refractivity contribution is 7.09. The molecule has 19 heavy (non-hydrogen) atoms. The van der Waals surface area contributed by atoms with Crippen LogP contribution in [0, 0.1) is 0 Å². The molecule has 2 rings (SSSR count). The van der Waals surface area contributed by atoms with E-state index in [9.17, 15) is 9.59 Å². The summed E-state index contributed by atoms with van der Waals surface area (Å²) < 4.78 is 9.68. The Hall–Kier alpha value is -1.88. The lowest BCUT2D eigenvalue weighted by Gasteiger charge is -1.97. The molecule has 0 atom stereocenters. The summed E-state index contributed by atoms with van der Waals surface area (Å²) in [6.07, 6.45) is 2.06. The molecule has 0 radical (unpaired) electrons. The van der Waals surface area contributed by atoms with Gasteiger partial charge in [0, 0.05) is 11.3 Å². The van der Waals surface area contributed by atoms with Gasteiger partial charge in [0.1, 0.15) is 0 Å². The van der Waals surface area contributed by atoms with Gasteiger partial charge in [0.2, 0.25) is 5.76 Å². The number of hydrogen-bond acceptors (Lipinski definition) is 5. The number of furan rings is 1. The molecule has 2 heterocycles. The van der Waals surface area contributed by atoms with Crippen molar-refractivity contribution in [2.24, 2.45) is 0 Å². The van der Waals surface area contributed by atoms with Gasteiger partial charge in [-0.05, 0) is 36.4 Å². The summed E-state index contributed by atoms with van der Waals surface area (Å²) in [5.41, 5.74) is 0. The van der Waals surface area contributed by atoms with Crippen LogP contribution in [0.2, 0.25) is 0 Å². The minimum Gasteiger partial charge on any atom is -0.463 e. The third-order valence-corrected chi connectivity index (χ3v) is 3.61. The maximum Gasteiger partial charge on any atom is 0.373 e. The highest BCUT2D eigenvalue weighted by Gasteiger charge is 2.15. The lowest BCUT2D eigenvalue weighted by molar-refractivity contribution is 0.0563. The van der Waals surface area contributed by atoms with E-state index in [1.807, 2.05) is 11.4 Å². The van der Waals surface area contributed by atoms with Crippen molar-refractivity contribution in [2.75, 3.05) is 7.11 Å². The highest BCUT2D eigenvalue weighted by atomic mass is 32.1. The second kappa shape index (κ2) is 6.33. The average Bonchev–Trinajstić information content (AvgIpc) is 3.08. The molecule has 0 aliphatic heterocycles. The zero-order valence-corrected chi connectivity index (χ0v) is 11.4. The van der Waals surface area contributed by atoms with Crippen molar-refractivity contribution in [3.8, 4) is 0 Å². The second-order valence-corrected chi connectivity index (χ2v) is 5.04. The molecule has 100 valence electrons. The van der Waals surface area contributed by atoms with Crippen molar-refractivity contribution >= 4 is 23.1 Å². The first-order valence-corrected chi connectivity index (χ1v) is 6.82. The van der Waals surface area contributed by atoms with Crippen LogP contribution in [0.4, 0.5) is 0 Å². The topological polar surface area (TPSA) is 56.5 Å². The number of Topliss-reactive ketones (excluding diaryl/α,β-unsaturated/α-hetero) is 1. The Morgan fingerprint density at radius 3 is 2.74 bits per heavy atom. The van der Waals surface area contributed by atoms with E-state index < -0.39 is 5.97 Å². The zero-order valence-electron chi connectivity index (χ0n) is 10.5. The number of carbonyl (C=O) groups excluding carboxylic acids is 2. The van der Waals surface area contributed by atoms with Crippen molar-refractivity contribution in [1.29, 1.82) is 0 Å². The predicted molar refractivity (Wildman–Crippen MR) is 71.6 cm³/mol. The van der Waals surface area contributed by atoms with Crippen LogP contribution in [0.15, 0.2) is 34.1 Å². The number of carbonyl (C=O) groups is 2. The Bertz CT molecular complexity index is 554. The van der Waals surface area contributed by atoms with Gasteiger partial charge in [0.15, 0.2) is 11.5 Å². The number of esters is 1. The number of ether oxygens (including phenoxy) is 1. The fourth-order valence-corrected chi connectivity index (χ4v) is 2.45. The molecule has 0 aromatic carbocycles. The maximum absolute atomic E-state index is 11.9. The lowest BCUT2D eigenvalue weighted by Crippen LogP contribution is -2.00. The van der Waals surface area contributed by atoms with Gasteiger partial charge in [-0.3, -0.25) is 4.79 Å². The zero-order chi connectivity index (χ0) is 13.7. The van der Waals surface area contributed by atoms with Crippen LogP contribution in [0.3, 0.4) is 0 Å². The lowest BCUT2D eigenvalue weighted by atomic mass is 10.1. The summed E-state index contributed by atoms with van der Waals surface area (Å²) in [4.78, 5) is 24.3. The Kier molecular flexibility index (Phi) is 4.52. The fourth-order valence-electron chi connectivity index (χ4n) is 1.70. The molecular weight excluding hydrogens is 264 g/mol. The van der Waals surface area contributed by atoms with E-state index in [2.05, 4.69) is 10.8 Å². The van der Waals surface area contributed by atoms with Crippen LogP contribution in [0.5, 0.6) is 0 Å². The van der Waals surface area contributed by atoms with Crippen molar-refractivity contribution < 1.29 is 18.7 Å². The highest BCUT2D eigenvalue weighted by Crippen LogP contribution is 2.15. The summed E-state index contributed by atoms with van der Waals surface area (Å²) in [5.74, 6) is -0.389. The van der Waals surface area contributed by atoms with Gasteiger partial charge >= 0.3 is 5.97 Å². The van der Waals surface area contributed by atoms with E-state index in [1.54, 1.807) is 11.3 Å². The Morgan fingerprint density at radius 1 is 1.26 bits per heavy atom. The Labute approximate surface area is 115 Å². The molecule has 0 saturated carbocycles. The first-order chi connectivity index (χ1) is 9.20. The molecule has 0 amide bonds.